The van der Waals surface area contributed by atoms with Gasteiger partial charge in [-0.25, -0.2) is 9.59 Å². The van der Waals surface area contributed by atoms with Crippen LogP contribution in [0.1, 0.15) is 39.0 Å². The monoisotopic (exact) mass is 240 g/mol. The third-order valence-corrected chi connectivity index (χ3v) is 2.48. The lowest BCUT2D eigenvalue weighted by molar-refractivity contribution is -0.133. The minimum Gasteiger partial charge on any atom is -0.478 e. The van der Waals surface area contributed by atoms with Crippen LogP contribution in [0.5, 0.6) is 0 Å². The van der Waals surface area contributed by atoms with Crippen LogP contribution in [-0.4, -0.2) is 22.2 Å². The molecule has 1 aliphatic carbocycles. The molecule has 0 heterocycles. The molecular weight excluding hydrogens is 220 g/mol. The van der Waals surface area contributed by atoms with Crippen molar-refractivity contribution in [1.82, 2.24) is 0 Å². The minimum atomic E-state index is -0.872. The molecule has 0 amide bonds. The van der Waals surface area contributed by atoms with Crippen molar-refractivity contribution in [3.05, 3.63) is 24.3 Å². The zero-order valence-electron chi connectivity index (χ0n) is 10.2. The van der Waals surface area contributed by atoms with E-state index in [2.05, 4.69) is 13.2 Å². The highest BCUT2D eigenvalue weighted by Gasteiger charge is 2.28. The van der Waals surface area contributed by atoms with E-state index >= 15 is 0 Å². The molecule has 0 aliphatic heterocycles. The first kappa shape index (κ1) is 15.4. The first-order valence-electron chi connectivity index (χ1n) is 5.73. The highest BCUT2D eigenvalue weighted by Crippen LogP contribution is 2.35. The third kappa shape index (κ3) is 7.33. The molecule has 0 saturated heterocycles. The van der Waals surface area contributed by atoms with Crippen molar-refractivity contribution in [2.75, 3.05) is 0 Å². The number of rotatable bonds is 6. The molecule has 4 nitrogen and oxygen atoms in total. The molecule has 2 N–H and O–H groups in total. The van der Waals surface area contributed by atoms with E-state index in [4.69, 9.17) is 10.2 Å². The van der Waals surface area contributed by atoms with Gasteiger partial charge in [0.1, 0.15) is 0 Å². The summed E-state index contributed by atoms with van der Waals surface area (Å²) in [5, 5.41) is 16.6. The zero-order chi connectivity index (χ0) is 13.4. The first-order chi connectivity index (χ1) is 7.90. The van der Waals surface area contributed by atoms with Gasteiger partial charge in [-0.1, -0.05) is 26.5 Å². The van der Waals surface area contributed by atoms with Crippen LogP contribution in [0.15, 0.2) is 24.3 Å². The fourth-order valence-electron chi connectivity index (χ4n) is 1.10. The number of hydrogen-bond donors (Lipinski definition) is 2. The number of unbranched alkanes of at least 4 members (excludes halogenated alkanes) is 1. The number of carboxylic acid groups (broad SMARTS) is 2. The summed E-state index contributed by atoms with van der Waals surface area (Å²) in [4.78, 5) is 20.2. The fraction of sp³-hybridized carbons (Fsp3) is 0.538. The lowest BCUT2D eigenvalue weighted by Crippen LogP contribution is -1.99. The summed E-state index contributed by atoms with van der Waals surface area (Å²) >= 11 is 0. The molecule has 0 aromatic heterocycles. The lowest BCUT2D eigenvalue weighted by atomic mass is 10.1. The van der Waals surface area contributed by atoms with Crippen LogP contribution in [-0.2, 0) is 9.59 Å². The highest BCUT2D eigenvalue weighted by molar-refractivity contribution is 5.87. The number of hydrogen-bond acceptors (Lipinski definition) is 2. The van der Waals surface area contributed by atoms with Gasteiger partial charge in [-0.3, -0.25) is 0 Å². The Morgan fingerprint density at radius 1 is 1.18 bits per heavy atom. The van der Waals surface area contributed by atoms with Crippen molar-refractivity contribution in [2.45, 2.75) is 39.0 Å². The zero-order valence-corrected chi connectivity index (χ0v) is 10.2. The van der Waals surface area contributed by atoms with E-state index in [1.54, 1.807) is 0 Å². The predicted molar refractivity (Wildman–Crippen MR) is 65.8 cm³/mol. The molecule has 1 aliphatic rings. The van der Waals surface area contributed by atoms with Gasteiger partial charge in [0.15, 0.2) is 0 Å². The molecule has 1 fully saturated rings. The summed E-state index contributed by atoms with van der Waals surface area (Å²) < 4.78 is 0. The van der Waals surface area contributed by atoms with E-state index in [-0.39, 0.29) is 0 Å². The second-order valence-corrected chi connectivity index (χ2v) is 4.12. The molecule has 4 heteroatoms. The Hall–Kier alpha value is -1.58. The third-order valence-electron chi connectivity index (χ3n) is 2.48. The summed E-state index contributed by atoms with van der Waals surface area (Å²) in [5.74, 6) is -1.41. The maximum absolute atomic E-state index is 10.1. The molecule has 1 rings (SSSR count). The van der Waals surface area contributed by atoms with Crippen molar-refractivity contribution in [2.24, 2.45) is 5.92 Å². The van der Waals surface area contributed by atoms with E-state index < -0.39 is 11.9 Å². The van der Waals surface area contributed by atoms with Gasteiger partial charge in [0, 0.05) is 11.1 Å². The molecule has 0 unspecified atom stereocenters. The Morgan fingerprint density at radius 3 is 1.94 bits per heavy atom. The summed E-state index contributed by atoms with van der Waals surface area (Å²) in [7, 11) is 0. The van der Waals surface area contributed by atoms with Crippen LogP contribution in [0.25, 0.3) is 0 Å². The maximum Gasteiger partial charge on any atom is 0.331 e. The summed E-state index contributed by atoms with van der Waals surface area (Å²) in [6, 6.07) is 0. The summed E-state index contributed by atoms with van der Waals surface area (Å²) in [6.45, 7) is 8.83. The second kappa shape index (κ2) is 7.65. The molecule has 0 aromatic carbocycles. The Labute approximate surface area is 102 Å². The largest absolute Gasteiger partial charge is 0.478 e. The normalized spacial score (nSPS) is 13.2. The minimum absolute atomic E-state index is 0.299. The summed E-state index contributed by atoms with van der Waals surface area (Å²) in [6.07, 6.45) is 4.60. The van der Waals surface area contributed by atoms with Crippen LogP contribution >= 0.6 is 0 Å². The van der Waals surface area contributed by atoms with Crippen LogP contribution < -0.4 is 0 Å². The van der Waals surface area contributed by atoms with E-state index in [9.17, 15) is 9.59 Å². The van der Waals surface area contributed by atoms with Crippen LogP contribution in [0.2, 0.25) is 0 Å². The molecule has 1 saturated carbocycles. The molecule has 0 atom stereocenters. The van der Waals surface area contributed by atoms with Crippen LogP contribution in [0.4, 0.5) is 0 Å². The maximum atomic E-state index is 10.1. The fourth-order valence-corrected chi connectivity index (χ4v) is 1.10. The van der Waals surface area contributed by atoms with Gasteiger partial charge in [0.25, 0.3) is 0 Å². The Kier molecular flexibility index (Phi) is 6.94. The van der Waals surface area contributed by atoms with E-state index in [0.717, 1.165) is 25.7 Å². The van der Waals surface area contributed by atoms with Gasteiger partial charge >= 0.3 is 11.9 Å². The Balaban J connectivity index is 0.000000302. The molecule has 0 bridgehead atoms. The Bertz CT molecular complexity index is 313. The number of carboxylic acids is 2. The molecular formula is C13H20O4. The van der Waals surface area contributed by atoms with Crippen LogP contribution in [0.3, 0.4) is 0 Å². The SMILES string of the molecule is C=C(C(=O)O)C1CC1.C=C(CCCC)C(=O)O. The van der Waals surface area contributed by atoms with E-state index in [0.29, 0.717) is 23.5 Å². The lowest BCUT2D eigenvalue weighted by Gasteiger charge is -1.95. The summed E-state index contributed by atoms with van der Waals surface area (Å²) in [5.41, 5.74) is 0.696. The van der Waals surface area contributed by atoms with Gasteiger partial charge in [0.2, 0.25) is 0 Å². The molecule has 17 heavy (non-hydrogen) atoms. The smallest absolute Gasteiger partial charge is 0.331 e. The highest BCUT2D eigenvalue weighted by atomic mass is 16.4. The molecule has 0 spiro atoms. The van der Waals surface area contributed by atoms with Gasteiger partial charge in [0.05, 0.1) is 0 Å². The predicted octanol–water partition coefficient (Wildman–Crippen LogP) is 2.85. The van der Waals surface area contributed by atoms with Crippen LogP contribution in [0, 0.1) is 5.92 Å². The molecule has 0 radical (unpaired) electrons. The topological polar surface area (TPSA) is 74.6 Å². The number of aliphatic carboxylic acids is 2. The quantitative estimate of drug-likeness (QED) is 0.700. The van der Waals surface area contributed by atoms with E-state index in [1.165, 1.54) is 0 Å². The molecule has 96 valence electrons. The van der Waals surface area contributed by atoms with Crippen molar-refractivity contribution in [1.29, 1.82) is 0 Å². The van der Waals surface area contributed by atoms with Gasteiger partial charge < -0.3 is 10.2 Å². The average Bonchev–Trinajstić information content (AvgIpc) is 3.09. The van der Waals surface area contributed by atoms with Gasteiger partial charge in [-0.2, -0.15) is 0 Å². The molecule has 0 aromatic rings. The van der Waals surface area contributed by atoms with E-state index in [1.807, 2.05) is 6.92 Å². The average molecular weight is 240 g/mol. The van der Waals surface area contributed by atoms with Gasteiger partial charge in [-0.15, -0.1) is 0 Å². The van der Waals surface area contributed by atoms with Crippen molar-refractivity contribution < 1.29 is 19.8 Å². The van der Waals surface area contributed by atoms with Gasteiger partial charge in [-0.05, 0) is 31.6 Å². The van der Waals surface area contributed by atoms with Crippen molar-refractivity contribution in [3.8, 4) is 0 Å². The second-order valence-electron chi connectivity index (χ2n) is 4.12. The van der Waals surface area contributed by atoms with Crippen molar-refractivity contribution >= 4 is 11.9 Å². The standard InChI is InChI=1S/C7H12O2.C6H8O2/c1-3-4-5-6(2)7(8)9;1-4(6(7)8)5-2-3-5/h2-5H2,1H3,(H,8,9);5H,1-3H2,(H,7,8). The number of carbonyl (C=O) groups is 2. The first-order valence-corrected chi connectivity index (χ1v) is 5.73. The Morgan fingerprint density at radius 2 is 1.71 bits per heavy atom. The van der Waals surface area contributed by atoms with Crippen molar-refractivity contribution in [3.63, 3.8) is 0 Å².